The highest BCUT2D eigenvalue weighted by atomic mass is 16.5. The lowest BCUT2D eigenvalue weighted by Crippen LogP contribution is -2.56. The van der Waals surface area contributed by atoms with Crippen LogP contribution in [-0.2, 0) is 18.3 Å². The van der Waals surface area contributed by atoms with Crippen LogP contribution in [0, 0.1) is 0 Å². The van der Waals surface area contributed by atoms with Crippen molar-refractivity contribution in [2.24, 2.45) is 7.05 Å². The van der Waals surface area contributed by atoms with Gasteiger partial charge in [-0.2, -0.15) is 15.1 Å². The molecular formula is C20H23N7O2. The largest absolute Gasteiger partial charge is 0.480 e. The third-order valence-electron chi connectivity index (χ3n) is 5.72. The first-order chi connectivity index (χ1) is 14.0. The van der Waals surface area contributed by atoms with Crippen LogP contribution in [0.2, 0.25) is 0 Å². The van der Waals surface area contributed by atoms with Crippen molar-refractivity contribution >= 4 is 28.7 Å². The van der Waals surface area contributed by atoms with Crippen LogP contribution in [0.25, 0.3) is 11.0 Å². The third-order valence-corrected chi connectivity index (χ3v) is 5.72. The number of benzene rings is 1. The maximum absolute atomic E-state index is 13.1. The molecule has 0 saturated carbocycles. The van der Waals surface area contributed by atoms with Crippen LogP contribution in [0.4, 0.5) is 11.8 Å². The average molecular weight is 393 g/mol. The van der Waals surface area contributed by atoms with Gasteiger partial charge in [-0.1, -0.05) is 18.2 Å². The van der Waals surface area contributed by atoms with E-state index in [1.807, 2.05) is 36.2 Å². The molecule has 5 rings (SSSR count). The molecule has 3 aromatic rings. The van der Waals surface area contributed by atoms with Crippen molar-refractivity contribution in [3.8, 4) is 5.75 Å². The van der Waals surface area contributed by atoms with E-state index in [9.17, 15) is 4.79 Å². The second-order valence-corrected chi connectivity index (χ2v) is 7.66. The highest BCUT2D eigenvalue weighted by Gasteiger charge is 2.36. The Morgan fingerprint density at radius 2 is 2.07 bits per heavy atom. The van der Waals surface area contributed by atoms with Gasteiger partial charge in [0.05, 0.1) is 11.6 Å². The number of aryl methyl sites for hydroxylation is 1. The number of nitrogens with two attached hydrogens (primary N) is 1. The zero-order valence-corrected chi connectivity index (χ0v) is 16.4. The molecule has 0 bridgehead atoms. The standard InChI is InChI=1S/C20H23N7O2/c1-12-11-26(19(28)16-9-13-5-3-4-6-15(13)29-16)7-8-27(12)18-14-10-22-25(2)17(14)23-20(21)24-18/h3-6,10,12,16H,7-9,11H2,1-2H3,(H2,21,23,24)/t12-,16?/m0/s1. The summed E-state index contributed by atoms with van der Waals surface area (Å²) in [6.45, 7) is 3.95. The molecule has 0 radical (unpaired) electrons. The molecule has 1 unspecified atom stereocenters. The monoisotopic (exact) mass is 393 g/mol. The van der Waals surface area contributed by atoms with Crippen molar-refractivity contribution in [3.05, 3.63) is 36.0 Å². The summed E-state index contributed by atoms with van der Waals surface area (Å²) in [5, 5.41) is 5.15. The van der Waals surface area contributed by atoms with Gasteiger partial charge in [0.15, 0.2) is 11.8 Å². The Morgan fingerprint density at radius 1 is 1.24 bits per heavy atom. The summed E-state index contributed by atoms with van der Waals surface area (Å²) < 4.78 is 7.58. The van der Waals surface area contributed by atoms with Crippen molar-refractivity contribution in [3.63, 3.8) is 0 Å². The Labute approximate surface area is 168 Å². The van der Waals surface area contributed by atoms with Gasteiger partial charge in [-0.25, -0.2) is 0 Å². The van der Waals surface area contributed by atoms with Gasteiger partial charge in [0.1, 0.15) is 11.6 Å². The smallest absolute Gasteiger partial charge is 0.264 e. The van der Waals surface area contributed by atoms with Crippen LogP contribution >= 0.6 is 0 Å². The molecule has 2 aliphatic rings. The van der Waals surface area contributed by atoms with E-state index >= 15 is 0 Å². The molecule has 2 aliphatic heterocycles. The second kappa shape index (κ2) is 6.61. The lowest BCUT2D eigenvalue weighted by Gasteiger charge is -2.41. The lowest BCUT2D eigenvalue weighted by atomic mass is 10.1. The minimum atomic E-state index is -0.439. The number of carbonyl (C=O) groups excluding carboxylic acids is 1. The molecule has 150 valence electrons. The number of ether oxygens (including phenoxy) is 1. The van der Waals surface area contributed by atoms with E-state index in [1.54, 1.807) is 10.9 Å². The van der Waals surface area contributed by atoms with E-state index < -0.39 is 6.10 Å². The van der Waals surface area contributed by atoms with Crippen LogP contribution in [0.1, 0.15) is 12.5 Å². The first-order valence-corrected chi connectivity index (χ1v) is 9.76. The topological polar surface area (TPSA) is 102 Å². The van der Waals surface area contributed by atoms with Crippen molar-refractivity contribution in [1.29, 1.82) is 0 Å². The van der Waals surface area contributed by atoms with Gasteiger partial charge in [-0.05, 0) is 18.6 Å². The summed E-state index contributed by atoms with van der Waals surface area (Å²) in [6, 6.07) is 7.92. The van der Waals surface area contributed by atoms with E-state index in [0.29, 0.717) is 31.7 Å². The summed E-state index contributed by atoms with van der Waals surface area (Å²) in [4.78, 5) is 25.9. The normalized spacial score (nSPS) is 21.3. The molecule has 1 aromatic carbocycles. The van der Waals surface area contributed by atoms with E-state index in [2.05, 4.69) is 26.9 Å². The van der Waals surface area contributed by atoms with Crippen LogP contribution in [0.3, 0.4) is 0 Å². The number of hydrogen-bond donors (Lipinski definition) is 1. The number of anilines is 2. The lowest BCUT2D eigenvalue weighted by molar-refractivity contribution is -0.138. The highest BCUT2D eigenvalue weighted by Crippen LogP contribution is 2.31. The SMILES string of the molecule is C[C@H]1CN(C(=O)C2Cc3ccccc3O2)CCN1c1nc(N)nc2c1cnn2C. The molecule has 9 heteroatoms. The van der Waals surface area contributed by atoms with Gasteiger partial charge in [0, 0.05) is 39.1 Å². The predicted octanol–water partition coefficient (Wildman–Crippen LogP) is 0.986. The number of para-hydroxylation sites is 1. The Balaban J connectivity index is 1.33. The summed E-state index contributed by atoms with van der Waals surface area (Å²) in [6.07, 6.45) is 1.95. The number of amides is 1. The van der Waals surface area contributed by atoms with Gasteiger partial charge < -0.3 is 20.3 Å². The number of piperazine rings is 1. The summed E-state index contributed by atoms with van der Waals surface area (Å²) in [5.41, 5.74) is 7.73. The zero-order valence-electron chi connectivity index (χ0n) is 16.4. The fraction of sp³-hybridized carbons (Fsp3) is 0.400. The number of nitrogen functional groups attached to an aromatic ring is 1. The number of rotatable bonds is 2. The molecular weight excluding hydrogens is 370 g/mol. The van der Waals surface area contributed by atoms with Crippen LogP contribution in [-0.4, -0.2) is 62.3 Å². The Hall–Kier alpha value is -3.36. The minimum Gasteiger partial charge on any atom is -0.480 e. The molecule has 4 heterocycles. The summed E-state index contributed by atoms with van der Waals surface area (Å²) in [7, 11) is 1.83. The van der Waals surface area contributed by atoms with Crippen LogP contribution < -0.4 is 15.4 Å². The number of carbonyl (C=O) groups is 1. The Kier molecular flexibility index (Phi) is 4.04. The average Bonchev–Trinajstić information content (AvgIpc) is 3.31. The molecule has 1 saturated heterocycles. The van der Waals surface area contributed by atoms with Gasteiger partial charge in [-0.15, -0.1) is 0 Å². The molecule has 9 nitrogen and oxygen atoms in total. The molecule has 0 spiro atoms. The first kappa shape index (κ1) is 17.7. The summed E-state index contributed by atoms with van der Waals surface area (Å²) >= 11 is 0. The third kappa shape index (κ3) is 2.93. The number of fused-ring (bicyclic) bond motifs is 2. The second-order valence-electron chi connectivity index (χ2n) is 7.66. The van der Waals surface area contributed by atoms with Crippen molar-refractivity contribution in [2.75, 3.05) is 30.3 Å². The molecule has 2 N–H and O–H groups in total. The number of aromatic nitrogens is 4. The van der Waals surface area contributed by atoms with Gasteiger partial charge in [0.25, 0.3) is 5.91 Å². The van der Waals surface area contributed by atoms with Gasteiger partial charge in [-0.3, -0.25) is 9.48 Å². The number of nitrogens with zero attached hydrogens (tertiary/aromatic N) is 6. The Morgan fingerprint density at radius 3 is 2.86 bits per heavy atom. The minimum absolute atomic E-state index is 0.0430. The van der Waals surface area contributed by atoms with Crippen molar-refractivity contribution < 1.29 is 9.53 Å². The van der Waals surface area contributed by atoms with E-state index in [1.165, 1.54) is 0 Å². The van der Waals surface area contributed by atoms with Gasteiger partial charge >= 0.3 is 0 Å². The van der Waals surface area contributed by atoms with E-state index in [4.69, 9.17) is 10.5 Å². The maximum Gasteiger partial charge on any atom is 0.264 e. The number of hydrogen-bond acceptors (Lipinski definition) is 7. The fourth-order valence-electron chi connectivity index (χ4n) is 4.24. The molecule has 1 fully saturated rings. The van der Waals surface area contributed by atoms with E-state index in [-0.39, 0.29) is 17.9 Å². The van der Waals surface area contributed by atoms with Crippen molar-refractivity contribution in [1.82, 2.24) is 24.6 Å². The quantitative estimate of drug-likeness (QED) is 0.692. The maximum atomic E-state index is 13.1. The molecule has 0 aliphatic carbocycles. The first-order valence-electron chi connectivity index (χ1n) is 9.76. The molecule has 2 atom stereocenters. The van der Waals surface area contributed by atoms with Crippen molar-refractivity contribution in [2.45, 2.75) is 25.5 Å². The fourth-order valence-corrected chi connectivity index (χ4v) is 4.24. The van der Waals surface area contributed by atoms with Crippen LogP contribution in [0.15, 0.2) is 30.5 Å². The van der Waals surface area contributed by atoms with E-state index in [0.717, 1.165) is 22.5 Å². The van der Waals surface area contributed by atoms with Crippen LogP contribution in [0.5, 0.6) is 5.75 Å². The highest BCUT2D eigenvalue weighted by molar-refractivity contribution is 5.88. The predicted molar refractivity (Wildman–Crippen MR) is 109 cm³/mol. The molecule has 29 heavy (non-hydrogen) atoms. The molecule has 1 amide bonds. The Bertz CT molecular complexity index is 1070. The van der Waals surface area contributed by atoms with Gasteiger partial charge in [0.2, 0.25) is 5.95 Å². The summed E-state index contributed by atoms with van der Waals surface area (Å²) in [5.74, 6) is 1.85. The zero-order chi connectivity index (χ0) is 20.1. The molecule has 2 aromatic heterocycles.